The summed E-state index contributed by atoms with van der Waals surface area (Å²) in [5.74, 6) is 0. The Hall–Kier alpha value is -1.27. The quantitative estimate of drug-likeness (QED) is 0.921. The number of aromatic nitrogens is 4. The smallest absolute Gasteiger partial charge is 0.233 e. The molecule has 6 heteroatoms. The summed E-state index contributed by atoms with van der Waals surface area (Å²) >= 11 is 1.60. The van der Waals surface area contributed by atoms with Crippen LogP contribution < -0.4 is 5.32 Å². The van der Waals surface area contributed by atoms with E-state index in [9.17, 15) is 0 Å². The van der Waals surface area contributed by atoms with Gasteiger partial charge in [-0.2, -0.15) is 5.10 Å². The molecule has 0 aliphatic heterocycles. The molecule has 0 bridgehead atoms. The van der Waals surface area contributed by atoms with Crippen LogP contribution >= 0.6 is 11.3 Å². The lowest BCUT2D eigenvalue weighted by molar-refractivity contribution is 0.423. The second-order valence-electron chi connectivity index (χ2n) is 5.83. The fourth-order valence-corrected chi connectivity index (χ4v) is 2.57. The lowest BCUT2D eigenvalue weighted by atomic mass is 10.1. The maximum atomic E-state index is 4.60. The summed E-state index contributed by atoms with van der Waals surface area (Å²) < 4.78 is 1.93. The summed E-state index contributed by atoms with van der Waals surface area (Å²) in [6.45, 7) is 11.4. The third kappa shape index (κ3) is 3.64. The van der Waals surface area contributed by atoms with Crippen LogP contribution in [0.5, 0.6) is 0 Å². The lowest BCUT2D eigenvalue weighted by Crippen LogP contribution is -2.35. The molecule has 2 rings (SSSR count). The summed E-state index contributed by atoms with van der Waals surface area (Å²) in [7, 11) is 0. The minimum absolute atomic E-state index is 0.0848. The van der Waals surface area contributed by atoms with Gasteiger partial charge in [0.25, 0.3) is 0 Å². The van der Waals surface area contributed by atoms with E-state index in [-0.39, 0.29) is 5.54 Å². The van der Waals surface area contributed by atoms with Crippen molar-refractivity contribution in [3.8, 4) is 5.13 Å². The number of rotatable bonds is 5. The Labute approximate surface area is 124 Å². The van der Waals surface area contributed by atoms with Gasteiger partial charge in [-0.05, 0) is 39.7 Å². The Bertz CT molecular complexity index is 564. The lowest BCUT2D eigenvalue weighted by Gasteiger charge is -2.19. The molecule has 1 N–H and O–H groups in total. The number of hydrogen-bond donors (Lipinski definition) is 1. The van der Waals surface area contributed by atoms with Crippen LogP contribution in [0.2, 0.25) is 0 Å². The zero-order chi connectivity index (χ0) is 14.8. The Morgan fingerprint density at radius 1 is 1.20 bits per heavy atom. The first kappa shape index (κ1) is 15.1. The van der Waals surface area contributed by atoms with E-state index in [1.807, 2.05) is 4.68 Å². The van der Waals surface area contributed by atoms with Gasteiger partial charge in [-0.3, -0.25) is 0 Å². The van der Waals surface area contributed by atoms with E-state index in [1.165, 1.54) is 5.69 Å². The topological polar surface area (TPSA) is 55.6 Å². The van der Waals surface area contributed by atoms with E-state index < -0.39 is 0 Å². The fourth-order valence-electron chi connectivity index (χ4n) is 1.81. The van der Waals surface area contributed by atoms with Crippen molar-refractivity contribution in [3.63, 3.8) is 0 Å². The zero-order valence-electron chi connectivity index (χ0n) is 12.9. The van der Waals surface area contributed by atoms with Crippen molar-refractivity contribution in [2.24, 2.45) is 0 Å². The highest BCUT2D eigenvalue weighted by atomic mass is 32.1. The average molecular weight is 293 g/mol. The summed E-state index contributed by atoms with van der Waals surface area (Å²) in [6, 6.07) is 2.15. The molecule has 5 nitrogen and oxygen atoms in total. The van der Waals surface area contributed by atoms with Crippen molar-refractivity contribution in [2.45, 2.75) is 59.5 Å². The van der Waals surface area contributed by atoms with Crippen molar-refractivity contribution in [2.75, 3.05) is 0 Å². The molecule has 0 saturated carbocycles. The van der Waals surface area contributed by atoms with Gasteiger partial charge in [-0.1, -0.05) is 25.2 Å². The molecule has 0 aliphatic rings. The van der Waals surface area contributed by atoms with Gasteiger partial charge in [-0.15, -0.1) is 10.2 Å². The molecular weight excluding hydrogens is 270 g/mol. The molecule has 0 amide bonds. The van der Waals surface area contributed by atoms with Crippen LogP contribution in [0.15, 0.2) is 6.07 Å². The molecule has 2 heterocycles. The van der Waals surface area contributed by atoms with E-state index in [0.717, 1.165) is 35.2 Å². The van der Waals surface area contributed by atoms with Gasteiger partial charge in [0.15, 0.2) is 0 Å². The fraction of sp³-hybridized carbons (Fsp3) is 0.643. The van der Waals surface area contributed by atoms with Crippen molar-refractivity contribution in [1.82, 2.24) is 25.3 Å². The summed E-state index contributed by atoms with van der Waals surface area (Å²) in [5, 5.41) is 18.4. The maximum absolute atomic E-state index is 4.60. The Balaban J connectivity index is 2.18. The number of nitrogens with zero attached hydrogens (tertiary/aromatic N) is 4. The molecule has 20 heavy (non-hydrogen) atoms. The third-order valence-electron chi connectivity index (χ3n) is 2.97. The first-order valence-electron chi connectivity index (χ1n) is 7.08. The molecular formula is C14H23N5S. The zero-order valence-corrected chi connectivity index (χ0v) is 13.7. The van der Waals surface area contributed by atoms with Crippen molar-refractivity contribution in [1.29, 1.82) is 0 Å². The second-order valence-corrected chi connectivity index (χ2v) is 6.87. The number of nitrogens with one attached hydrogen (secondary N) is 1. The molecule has 2 aromatic rings. The molecule has 0 unspecified atom stereocenters. The molecule has 0 saturated heterocycles. The SMILES string of the molecule is CCc1cc(CC)n(-c2nnc(CNC(C)(C)C)s2)n1. The molecule has 0 aliphatic carbocycles. The third-order valence-corrected chi connectivity index (χ3v) is 3.86. The van der Waals surface area contributed by atoms with Crippen LogP contribution in [-0.4, -0.2) is 25.5 Å². The highest BCUT2D eigenvalue weighted by molar-refractivity contribution is 7.13. The van der Waals surface area contributed by atoms with Crippen molar-refractivity contribution < 1.29 is 0 Å². The number of aryl methyl sites for hydroxylation is 2. The van der Waals surface area contributed by atoms with Gasteiger partial charge in [0.2, 0.25) is 5.13 Å². The maximum Gasteiger partial charge on any atom is 0.233 e. The van der Waals surface area contributed by atoms with Crippen LogP contribution in [0.4, 0.5) is 0 Å². The number of hydrogen-bond acceptors (Lipinski definition) is 5. The second kappa shape index (κ2) is 6.01. The van der Waals surface area contributed by atoms with E-state index in [2.05, 4.69) is 61.3 Å². The van der Waals surface area contributed by atoms with Crippen LogP contribution in [0.1, 0.15) is 51.0 Å². The predicted molar refractivity (Wildman–Crippen MR) is 82.4 cm³/mol. The van der Waals surface area contributed by atoms with E-state index >= 15 is 0 Å². The Morgan fingerprint density at radius 3 is 2.55 bits per heavy atom. The highest BCUT2D eigenvalue weighted by Gasteiger charge is 2.14. The summed E-state index contributed by atoms with van der Waals surface area (Å²) in [4.78, 5) is 0. The minimum atomic E-state index is 0.0848. The van der Waals surface area contributed by atoms with Crippen molar-refractivity contribution in [3.05, 3.63) is 22.5 Å². The predicted octanol–water partition coefficient (Wildman–Crippen LogP) is 2.74. The van der Waals surface area contributed by atoms with Gasteiger partial charge >= 0.3 is 0 Å². The standard InChI is InChI=1S/C14H23N5S/c1-6-10-8-11(7-2)19(18-10)13-17-16-12(20-13)9-15-14(3,4)5/h8,15H,6-7,9H2,1-5H3. The largest absolute Gasteiger partial charge is 0.306 e. The molecule has 0 radical (unpaired) electrons. The van der Waals surface area contributed by atoms with Crippen LogP contribution in [-0.2, 0) is 19.4 Å². The van der Waals surface area contributed by atoms with Gasteiger partial charge < -0.3 is 5.32 Å². The van der Waals surface area contributed by atoms with E-state index in [0.29, 0.717) is 0 Å². The summed E-state index contributed by atoms with van der Waals surface area (Å²) in [6.07, 6.45) is 1.89. The van der Waals surface area contributed by atoms with Crippen molar-refractivity contribution >= 4 is 11.3 Å². The molecule has 110 valence electrons. The molecule has 2 aromatic heterocycles. The first-order chi connectivity index (χ1) is 9.43. The van der Waals surface area contributed by atoms with Gasteiger partial charge in [0, 0.05) is 11.2 Å². The molecule has 0 atom stereocenters. The summed E-state index contributed by atoms with van der Waals surface area (Å²) in [5.41, 5.74) is 2.38. The normalized spacial score (nSPS) is 12.1. The monoisotopic (exact) mass is 293 g/mol. The van der Waals surface area contributed by atoms with Gasteiger partial charge in [0.05, 0.1) is 12.2 Å². The Kier molecular flexibility index (Phi) is 4.55. The van der Waals surface area contributed by atoms with Gasteiger partial charge in [-0.25, -0.2) is 4.68 Å². The molecule has 0 aromatic carbocycles. The molecule has 0 fully saturated rings. The van der Waals surface area contributed by atoms with Crippen LogP contribution in [0, 0.1) is 0 Å². The van der Waals surface area contributed by atoms with E-state index in [1.54, 1.807) is 11.3 Å². The average Bonchev–Trinajstić information content (AvgIpc) is 3.01. The van der Waals surface area contributed by atoms with Crippen LogP contribution in [0.3, 0.4) is 0 Å². The highest BCUT2D eigenvalue weighted by Crippen LogP contribution is 2.18. The first-order valence-corrected chi connectivity index (χ1v) is 7.90. The minimum Gasteiger partial charge on any atom is -0.306 e. The van der Waals surface area contributed by atoms with Crippen LogP contribution in [0.25, 0.3) is 5.13 Å². The van der Waals surface area contributed by atoms with E-state index in [4.69, 9.17) is 0 Å². The van der Waals surface area contributed by atoms with Gasteiger partial charge in [0.1, 0.15) is 5.01 Å². The molecule has 0 spiro atoms. The Morgan fingerprint density at radius 2 is 1.95 bits per heavy atom.